The number of alkyl halides is 4. The molecule has 7 heteroatoms. The molecule has 0 saturated carbocycles. The first-order chi connectivity index (χ1) is 20.3. The largest absolute Gasteiger partial charge is 0.486 e. The van der Waals surface area contributed by atoms with Crippen LogP contribution in [0.5, 0.6) is 5.75 Å². The van der Waals surface area contributed by atoms with Crippen molar-refractivity contribution in [3.63, 3.8) is 0 Å². The van der Waals surface area contributed by atoms with Gasteiger partial charge in [-0.2, -0.15) is 8.78 Å². The summed E-state index contributed by atoms with van der Waals surface area (Å²) in [4.78, 5) is 12.2. The average Bonchev–Trinajstić information content (AvgIpc) is 3.30. The van der Waals surface area contributed by atoms with Crippen LogP contribution in [-0.4, -0.2) is 29.8 Å². The van der Waals surface area contributed by atoms with Crippen molar-refractivity contribution >= 4 is 40.1 Å². The molecule has 3 nitrogen and oxygen atoms in total. The summed E-state index contributed by atoms with van der Waals surface area (Å²) in [7, 11) is 0. The Kier molecular flexibility index (Phi) is 8.85. The molecule has 0 N–H and O–H groups in total. The van der Waals surface area contributed by atoms with E-state index in [4.69, 9.17) is 4.74 Å². The van der Waals surface area contributed by atoms with Gasteiger partial charge in [0, 0.05) is 40.6 Å². The third-order valence-electron chi connectivity index (χ3n) is 8.19. The van der Waals surface area contributed by atoms with Crippen molar-refractivity contribution in [3.8, 4) is 5.75 Å². The second-order valence-electron chi connectivity index (χ2n) is 11.0. The number of aldehydes is 1. The molecule has 1 aromatic heterocycles. The molecule has 0 spiro atoms. The number of carbonyl (C=O) groups is 1. The highest BCUT2D eigenvalue weighted by atomic mass is 19.3. The van der Waals surface area contributed by atoms with E-state index in [9.17, 15) is 22.4 Å². The maximum Gasteiger partial charge on any atom is 0.340 e. The molecule has 1 aliphatic carbocycles. The van der Waals surface area contributed by atoms with E-state index in [2.05, 4.69) is 30.6 Å². The van der Waals surface area contributed by atoms with Gasteiger partial charge in [0.1, 0.15) is 5.75 Å². The Balaban J connectivity index is 1.59. The summed E-state index contributed by atoms with van der Waals surface area (Å²) in [5, 5.41) is 2.98. The van der Waals surface area contributed by atoms with E-state index in [1.54, 1.807) is 18.2 Å². The normalized spacial score (nSPS) is 15.1. The van der Waals surface area contributed by atoms with E-state index in [0.29, 0.717) is 23.5 Å². The van der Waals surface area contributed by atoms with Gasteiger partial charge in [0.2, 0.25) is 0 Å². The van der Waals surface area contributed by atoms with Gasteiger partial charge in [0.15, 0.2) is 12.9 Å². The van der Waals surface area contributed by atoms with Gasteiger partial charge in [0.05, 0.1) is 5.52 Å². The van der Waals surface area contributed by atoms with Crippen molar-refractivity contribution in [2.75, 3.05) is 6.61 Å². The number of hydrogen-bond acceptors (Lipinski definition) is 2. The van der Waals surface area contributed by atoms with E-state index in [1.807, 2.05) is 36.4 Å². The van der Waals surface area contributed by atoms with Crippen LogP contribution in [0.3, 0.4) is 0 Å². The van der Waals surface area contributed by atoms with Gasteiger partial charge in [-0.05, 0) is 53.1 Å². The number of carbonyl (C=O) groups excluding carboxylic acids is 1. The molecule has 1 atom stereocenters. The number of hydrogen-bond donors (Lipinski definition) is 0. The molecule has 0 amide bonds. The number of aromatic nitrogens is 1. The minimum absolute atomic E-state index is 0.114. The van der Waals surface area contributed by atoms with Crippen molar-refractivity contribution in [1.29, 1.82) is 0 Å². The van der Waals surface area contributed by atoms with Crippen LogP contribution < -0.4 is 4.74 Å². The fraction of sp³-hybridized carbons (Fsp3) is 0.343. The zero-order valence-corrected chi connectivity index (χ0v) is 23.9. The number of fused-ring (bicyclic) bond motifs is 5. The number of nitrogens with zero attached hydrogens (tertiary/aromatic N) is 1. The lowest BCUT2D eigenvalue weighted by Gasteiger charge is -2.20. The summed E-state index contributed by atoms with van der Waals surface area (Å²) in [5.41, 5.74) is 5.39. The zero-order valence-electron chi connectivity index (χ0n) is 23.9. The Labute approximate surface area is 243 Å². The Morgan fingerprint density at radius 1 is 0.976 bits per heavy atom. The minimum Gasteiger partial charge on any atom is -0.486 e. The van der Waals surface area contributed by atoms with Crippen LogP contribution in [0.15, 0.2) is 66.2 Å². The topological polar surface area (TPSA) is 31.2 Å². The highest BCUT2D eigenvalue weighted by molar-refractivity contribution is 6.14. The highest BCUT2D eigenvalue weighted by Gasteiger charge is 2.41. The fourth-order valence-electron chi connectivity index (χ4n) is 5.89. The summed E-state index contributed by atoms with van der Waals surface area (Å²) in [6.45, 7) is 3.90. The van der Waals surface area contributed by atoms with Crippen molar-refractivity contribution < 1.29 is 27.1 Å². The smallest absolute Gasteiger partial charge is 0.340 e. The van der Waals surface area contributed by atoms with E-state index in [0.717, 1.165) is 70.6 Å². The molecule has 0 fully saturated rings. The summed E-state index contributed by atoms with van der Waals surface area (Å²) in [5.74, 6) is -3.62. The number of allylic oxidation sites excluding steroid dienone is 2. The minimum atomic E-state index is -4.24. The molecule has 4 aromatic rings. The number of rotatable bonds is 12. The first kappa shape index (κ1) is 29.6. The average molecular weight is 578 g/mol. The van der Waals surface area contributed by atoms with Crippen LogP contribution in [0.4, 0.5) is 17.6 Å². The van der Waals surface area contributed by atoms with Crippen LogP contribution in [0.25, 0.3) is 33.8 Å². The van der Waals surface area contributed by atoms with Crippen molar-refractivity contribution in [2.24, 2.45) is 5.92 Å². The monoisotopic (exact) mass is 577 g/mol. The lowest BCUT2D eigenvalue weighted by molar-refractivity contribution is -0.148. The Morgan fingerprint density at radius 3 is 2.43 bits per heavy atom. The molecule has 0 aliphatic heterocycles. The maximum absolute atomic E-state index is 13.6. The SMILES string of the molecule is CCCCC(CC)Cn1c2c(c3cc(C=O)c4ccccc4c31)CC(=Cc1ccccc1OCC(F)(F)C(F)F)C=C2. The quantitative estimate of drug-likeness (QED) is 0.124. The maximum atomic E-state index is 13.6. The molecular weight excluding hydrogens is 542 g/mol. The molecule has 1 heterocycles. The summed E-state index contributed by atoms with van der Waals surface area (Å²) in [6, 6.07) is 16.6. The number of unbranched alkanes of at least 4 members (excludes halogenated alkanes) is 1. The van der Waals surface area contributed by atoms with Gasteiger partial charge < -0.3 is 9.30 Å². The predicted octanol–water partition coefficient (Wildman–Crippen LogP) is 9.76. The summed E-state index contributed by atoms with van der Waals surface area (Å²) < 4.78 is 60.1. The standard InChI is InChI=1S/C35H35F4NO2/c1-3-5-10-23(4-2)20-40-31-16-15-24(17-25-11-6-9-14-32(25)42-22-35(38,39)34(36)37)18-29(31)30-19-26(21-41)27-12-7-8-13-28(27)33(30)40/h6-9,11-17,19,21,23,34H,3-5,10,18,20,22H2,1-2H3. The molecule has 42 heavy (non-hydrogen) atoms. The Hall–Kier alpha value is -3.87. The molecule has 1 aliphatic rings. The van der Waals surface area contributed by atoms with E-state index < -0.39 is 19.0 Å². The third kappa shape index (κ3) is 5.87. The third-order valence-corrected chi connectivity index (χ3v) is 8.19. The lowest BCUT2D eigenvalue weighted by atomic mass is 9.93. The number of ether oxygens (including phenoxy) is 1. The fourth-order valence-corrected chi connectivity index (χ4v) is 5.89. The number of benzene rings is 3. The molecule has 0 radical (unpaired) electrons. The molecule has 220 valence electrons. The van der Waals surface area contributed by atoms with Gasteiger partial charge >= 0.3 is 12.3 Å². The van der Waals surface area contributed by atoms with Crippen molar-refractivity contribution in [3.05, 3.63) is 88.6 Å². The lowest BCUT2D eigenvalue weighted by Crippen LogP contribution is -2.33. The van der Waals surface area contributed by atoms with Gasteiger partial charge in [-0.3, -0.25) is 4.79 Å². The summed E-state index contributed by atoms with van der Waals surface area (Å²) >= 11 is 0. The second kappa shape index (κ2) is 12.6. The van der Waals surface area contributed by atoms with Crippen LogP contribution in [-0.2, 0) is 13.0 Å². The van der Waals surface area contributed by atoms with Gasteiger partial charge in [-0.1, -0.05) is 81.7 Å². The molecule has 3 aromatic carbocycles. The first-order valence-corrected chi connectivity index (χ1v) is 14.6. The molecule has 0 saturated heterocycles. The van der Waals surface area contributed by atoms with Gasteiger partial charge in [-0.15, -0.1) is 0 Å². The van der Waals surface area contributed by atoms with Gasteiger partial charge in [0.25, 0.3) is 0 Å². The number of para-hydroxylation sites is 1. The Morgan fingerprint density at radius 2 is 1.71 bits per heavy atom. The molecule has 1 unspecified atom stereocenters. The van der Waals surface area contributed by atoms with E-state index in [-0.39, 0.29) is 5.75 Å². The molecule has 5 rings (SSSR count). The van der Waals surface area contributed by atoms with Crippen molar-refractivity contribution in [2.45, 2.75) is 64.8 Å². The first-order valence-electron chi connectivity index (χ1n) is 14.6. The van der Waals surface area contributed by atoms with Crippen LogP contribution in [0.2, 0.25) is 0 Å². The van der Waals surface area contributed by atoms with E-state index >= 15 is 0 Å². The second-order valence-corrected chi connectivity index (χ2v) is 11.0. The Bertz CT molecular complexity index is 1650. The van der Waals surface area contributed by atoms with Crippen LogP contribution in [0.1, 0.15) is 66.7 Å². The highest BCUT2D eigenvalue weighted by Crippen LogP contribution is 2.40. The van der Waals surface area contributed by atoms with E-state index in [1.165, 1.54) is 12.5 Å². The summed E-state index contributed by atoms with van der Waals surface area (Å²) in [6.07, 6.45) is 8.11. The number of halogens is 4. The van der Waals surface area contributed by atoms with Crippen LogP contribution >= 0.6 is 0 Å². The van der Waals surface area contributed by atoms with Crippen molar-refractivity contribution in [1.82, 2.24) is 4.57 Å². The van der Waals surface area contributed by atoms with Crippen LogP contribution in [0, 0.1) is 5.92 Å². The molecular formula is C35H35F4NO2. The van der Waals surface area contributed by atoms with Gasteiger partial charge in [-0.25, -0.2) is 8.78 Å². The zero-order chi connectivity index (χ0) is 29.9. The predicted molar refractivity (Wildman–Crippen MR) is 162 cm³/mol. The molecule has 0 bridgehead atoms.